The van der Waals surface area contributed by atoms with Crippen LogP contribution in [0.1, 0.15) is 50.0 Å². The summed E-state index contributed by atoms with van der Waals surface area (Å²) in [5.41, 5.74) is 7.97. The van der Waals surface area contributed by atoms with Crippen LogP contribution >= 0.6 is 11.3 Å². The molecule has 0 bridgehead atoms. The third kappa shape index (κ3) is 3.50. The molecule has 2 heterocycles. The van der Waals surface area contributed by atoms with Crippen LogP contribution in [0.15, 0.2) is 34.2 Å². The van der Waals surface area contributed by atoms with E-state index in [9.17, 15) is 0 Å². The van der Waals surface area contributed by atoms with E-state index in [0.717, 1.165) is 47.7 Å². The first-order chi connectivity index (χ1) is 12.7. The molecule has 0 atom stereocenters. The van der Waals surface area contributed by atoms with Crippen molar-refractivity contribution in [2.75, 3.05) is 6.61 Å². The van der Waals surface area contributed by atoms with Crippen LogP contribution in [0.25, 0.3) is 10.6 Å². The Labute approximate surface area is 156 Å². The van der Waals surface area contributed by atoms with Crippen LogP contribution in [-0.2, 0) is 12.0 Å². The zero-order chi connectivity index (χ0) is 18.0. The van der Waals surface area contributed by atoms with Crippen molar-refractivity contribution in [3.05, 3.63) is 47.1 Å². The van der Waals surface area contributed by atoms with Gasteiger partial charge in [0.15, 0.2) is 5.82 Å². The van der Waals surface area contributed by atoms with Gasteiger partial charge >= 0.3 is 0 Å². The fourth-order valence-electron chi connectivity index (χ4n) is 3.29. The number of benzene rings is 1. The molecule has 4 rings (SSSR count). The largest absolute Gasteiger partial charge is 0.494 e. The number of nitrogens with zero attached hydrogens (tertiary/aromatic N) is 3. The predicted octanol–water partition coefficient (Wildman–Crippen LogP) is 3.91. The standard InChI is InChI=1S/C19H22N4O2S/c1-2-24-15-7-5-13(6-8-15)17-21-14(12-26-17)11-16-22-18(23-25-16)19(20)9-3-4-10-19/h5-8,12H,2-4,9-11,20H2,1H3. The van der Waals surface area contributed by atoms with Gasteiger partial charge in [-0.3, -0.25) is 0 Å². The van der Waals surface area contributed by atoms with Crippen molar-refractivity contribution in [3.8, 4) is 16.3 Å². The second-order valence-electron chi connectivity index (χ2n) is 6.65. The molecule has 1 aliphatic rings. The zero-order valence-corrected chi connectivity index (χ0v) is 15.6. The van der Waals surface area contributed by atoms with Crippen molar-refractivity contribution in [2.45, 2.75) is 44.6 Å². The Morgan fingerprint density at radius 1 is 1.19 bits per heavy atom. The summed E-state index contributed by atoms with van der Waals surface area (Å²) in [4.78, 5) is 9.21. The second kappa shape index (κ2) is 7.17. The summed E-state index contributed by atoms with van der Waals surface area (Å²) in [7, 11) is 0. The molecule has 6 nitrogen and oxygen atoms in total. The van der Waals surface area contributed by atoms with Gasteiger partial charge in [-0.1, -0.05) is 18.0 Å². The molecule has 7 heteroatoms. The van der Waals surface area contributed by atoms with Crippen LogP contribution < -0.4 is 10.5 Å². The summed E-state index contributed by atoms with van der Waals surface area (Å²) >= 11 is 1.61. The lowest BCUT2D eigenvalue weighted by Gasteiger charge is -2.17. The van der Waals surface area contributed by atoms with Crippen LogP contribution in [0.3, 0.4) is 0 Å². The van der Waals surface area contributed by atoms with Gasteiger partial charge in [0.05, 0.1) is 24.3 Å². The van der Waals surface area contributed by atoms with E-state index in [1.807, 2.05) is 36.6 Å². The highest BCUT2D eigenvalue weighted by Gasteiger charge is 2.35. The number of hydrogen-bond donors (Lipinski definition) is 1. The quantitative estimate of drug-likeness (QED) is 0.708. The number of rotatable bonds is 6. The molecule has 3 aromatic rings. The monoisotopic (exact) mass is 370 g/mol. The fourth-order valence-corrected chi connectivity index (χ4v) is 4.12. The summed E-state index contributed by atoms with van der Waals surface area (Å²) in [5, 5.41) is 7.11. The Balaban J connectivity index is 1.46. The molecule has 0 spiro atoms. The highest BCUT2D eigenvalue weighted by molar-refractivity contribution is 7.13. The Morgan fingerprint density at radius 3 is 2.69 bits per heavy atom. The molecule has 0 unspecified atom stereocenters. The highest BCUT2D eigenvalue weighted by atomic mass is 32.1. The van der Waals surface area contributed by atoms with Gasteiger partial charge < -0.3 is 15.0 Å². The highest BCUT2D eigenvalue weighted by Crippen LogP contribution is 2.34. The first kappa shape index (κ1) is 17.2. The molecule has 0 radical (unpaired) electrons. The average Bonchev–Trinajstić information content (AvgIpc) is 3.38. The van der Waals surface area contributed by atoms with E-state index in [1.54, 1.807) is 11.3 Å². The van der Waals surface area contributed by atoms with E-state index in [0.29, 0.717) is 24.7 Å². The zero-order valence-electron chi connectivity index (χ0n) is 14.8. The lowest BCUT2D eigenvalue weighted by molar-refractivity contribution is 0.340. The maximum Gasteiger partial charge on any atom is 0.232 e. The van der Waals surface area contributed by atoms with Crippen molar-refractivity contribution < 1.29 is 9.26 Å². The van der Waals surface area contributed by atoms with Gasteiger partial charge in [0.1, 0.15) is 10.8 Å². The molecule has 0 aliphatic heterocycles. The number of thiazole rings is 1. The van der Waals surface area contributed by atoms with E-state index in [-0.39, 0.29) is 0 Å². The first-order valence-electron chi connectivity index (χ1n) is 8.96. The normalized spacial score (nSPS) is 16.1. The van der Waals surface area contributed by atoms with Crippen LogP contribution in [0.4, 0.5) is 0 Å². The third-order valence-corrected chi connectivity index (χ3v) is 5.65. The van der Waals surface area contributed by atoms with Crippen molar-refractivity contribution in [2.24, 2.45) is 5.73 Å². The van der Waals surface area contributed by atoms with Crippen molar-refractivity contribution >= 4 is 11.3 Å². The molecular formula is C19H22N4O2S. The number of ether oxygens (including phenoxy) is 1. The maximum absolute atomic E-state index is 6.39. The van der Waals surface area contributed by atoms with Gasteiger partial charge in [0.2, 0.25) is 5.89 Å². The summed E-state index contributed by atoms with van der Waals surface area (Å²) < 4.78 is 10.9. The lowest BCUT2D eigenvalue weighted by atomic mass is 9.99. The van der Waals surface area contributed by atoms with Gasteiger partial charge in [-0.05, 0) is 44.0 Å². The molecule has 1 aromatic carbocycles. The summed E-state index contributed by atoms with van der Waals surface area (Å²) in [6, 6.07) is 7.98. The molecule has 1 fully saturated rings. The summed E-state index contributed by atoms with van der Waals surface area (Å²) in [5.74, 6) is 2.07. The smallest absolute Gasteiger partial charge is 0.232 e. The number of nitrogens with two attached hydrogens (primary N) is 1. The first-order valence-corrected chi connectivity index (χ1v) is 9.84. The summed E-state index contributed by atoms with van der Waals surface area (Å²) in [6.45, 7) is 2.64. The molecular weight excluding hydrogens is 348 g/mol. The second-order valence-corrected chi connectivity index (χ2v) is 7.51. The minimum Gasteiger partial charge on any atom is -0.494 e. The lowest BCUT2D eigenvalue weighted by Crippen LogP contribution is -2.34. The summed E-state index contributed by atoms with van der Waals surface area (Å²) in [6.07, 6.45) is 4.61. The molecule has 0 amide bonds. The van der Waals surface area contributed by atoms with Crippen LogP contribution in [0, 0.1) is 0 Å². The van der Waals surface area contributed by atoms with Gasteiger partial charge in [-0.2, -0.15) is 4.98 Å². The molecule has 1 saturated carbocycles. The number of aromatic nitrogens is 3. The molecule has 0 saturated heterocycles. The van der Waals surface area contributed by atoms with Crippen molar-refractivity contribution in [1.29, 1.82) is 0 Å². The van der Waals surface area contributed by atoms with Crippen LogP contribution in [0.5, 0.6) is 5.75 Å². The molecule has 26 heavy (non-hydrogen) atoms. The van der Waals surface area contributed by atoms with Crippen LogP contribution in [-0.4, -0.2) is 21.7 Å². The Bertz CT molecular complexity index is 866. The van der Waals surface area contributed by atoms with Gasteiger partial charge in [0, 0.05) is 10.9 Å². The van der Waals surface area contributed by atoms with Crippen molar-refractivity contribution in [3.63, 3.8) is 0 Å². The SMILES string of the molecule is CCOc1ccc(-c2nc(Cc3nc(C4(N)CCCC4)no3)cs2)cc1. The maximum atomic E-state index is 6.39. The van der Waals surface area contributed by atoms with Gasteiger partial charge in [-0.25, -0.2) is 4.98 Å². The molecule has 2 N–H and O–H groups in total. The Hall–Kier alpha value is -2.25. The van der Waals surface area contributed by atoms with E-state index < -0.39 is 5.54 Å². The average molecular weight is 370 g/mol. The molecule has 1 aliphatic carbocycles. The number of hydrogen-bond acceptors (Lipinski definition) is 7. The van der Waals surface area contributed by atoms with E-state index >= 15 is 0 Å². The fraction of sp³-hybridized carbons (Fsp3) is 0.421. The van der Waals surface area contributed by atoms with E-state index in [4.69, 9.17) is 20.0 Å². The Kier molecular flexibility index (Phi) is 4.74. The van der Waals surface area contributed by atoms with E-state index in [2.05, 4.69) is 10.1 Å². The minimum absolute atomic E-state index is 0.419. The predicted molar refractivity (Wildman–Crippen MR) is 100 cm³/mol. The minimum atomic E-state index is -0.419. The Morgan fingerprint density at radius 2 is 1.96 bits per heavy atom. The third-order valence-electron chi connectivity index (χ3n) is 4.71. The topological polar surface area (TPSA) is 87.1 Å². The van der Waals surface area contributed by atoms with Gasteiger partial charge in [0.25, 0.3) is 0 Å². The van der Waals surface area contributed by atoms with E-state index in [1.165, 1.54) is 0 Å². The van der Waals surface area contributed by atoms with Gasteiger partial charge in [-0.15, -0.1) is 11.3 Å². The van der Waals surface area contributed by atoms with Crippen LogP contribution in [0.2, 0.25) is 0 Å². The molecule has 2 aromatic heterocycles. The molecule has 136 valence electrons. The van der Waals surface area contributed by atoms with Crippen molar-refractivity contribution in [1.82, 2.24) is 15.1 Å².